The Morgan fingerprint density at radius 2 is 2.17 bits per heavy atom. The zero-order valence-corrected chi connectivity index (χ0v) is 6.64. The van der Waals surface area contributed by atoms with Gasteiger partial charge in [0.05, 0.1) is 30.6 Å². The van der Waals surface area contributed by atoms with Crippen LogP contribution in [0, 0.1) is 0 Å². The maximum Gasteiger partial charge on any atom is 0.0853 e. The van der Waals surface area contributed by atoms with Crippen molar-refractivity contribution in [2.75, 3.05) is 6.61 Å². The second kappa shape index (κ2) is 4.15. The van der Waals surface area contributed by atoms with Crippen LogP contribution in [0.2, 0.25) is 0 Å². The summed E-state index contributed by atoms with van der Waals surface area (Å²) in [5, 5.41) is 17.5. The molecule has 0 saturated heterocycles. The molecule has 4 heteroatoms. The monoisotopic (exact) mass is 168 g/mol. The third-order valence-electron chi connectivity index (χ3n) is 1.57. The summed E-state index contributed by atoms with van der Waals surface area (Å²) in [7, 11) is 0. The lowest BCUT2D eigenvalue weighted by Crippen LogP contribution is -2.16. The lowest BCUT2D eigenvalue weighted by molar-refractivity contribution is 0.262. The van der Waals surface area contributed by atoms with Gasteiger partial charge in [0.25, 0.3) is 0 Å². The highest BCUT2D eigenvalue weighted by Crippen LogP contribution is 2.06. The summed E-state index contributed by atoms with van der Waals surface area (Å²) in [6.45, 7) is -0.242. The molecule has 1 aromatic rings. The molecule has 0 aliphatic heterocycles. The summed E-state index contributed by atoms with van der Waals surface area (Å²) in [5.74, 6) is 0. The van der Waals surface area contributed by atoms with Crippen molar-refractivity contribution in [3.05, 3.63) is 29.6 Å². The number of nitrogens with two attached hydrogens (primary N) is 1. The van der Waals surface area contributed by atoms with Gasteiger partial charge in [0.2, 0.25) is 0 Å². The molecule has 4 N–H and O–H groups in total. The first-order valence-electron chi connectivity index (χ1n) is 3.71. The number of hydrogen-bond acceptors (Lipinski definition) is 4. The van der Waals surface area contributed by atoms with Gasteiger partial charge in [-0.1, -0.05) is 6.07 Å². The Morgan fingerprint density at radius 3 is 2.75 bits per heavy atom. The predicted octanol–water partition coefficient (Wildman–Crippen LogP) is -0.434. The number of aromatic nitrogens is 1. The molecular weight excluding hydrogens is 156 g/mol. The van der Waals surface area contributed by atoms with E-state index in [9.17, 15) is 0 Å². The van der Waals surface area contributed by atoms with Crippen molar-refractivity contribution in [1.82, 2.24) is 4.98 Å². The molecule has 0 amide bonds. The fourth-order valence-corrected chi connectivity index (χ4v) is 0.886. The Kier molecular flexibility index (Phi) is 3.16. The molecule has 1 rings (SSSR count). The largest absolute Gasteiger partial charge is 0.394 e. The van der Waals surface area contributed by atoms with E-state index in [1.807, 2.05) is 0 Å². The first-order chi connectivity index (χ1) is 5.77. The van der Waals surface area contributed by atoms with Gasteiger partial charge < -0.3 is 15.9 Å². The van der Waals surface area contributed by atoms with Crippen LogP contribution >= 0.6 is 0 Å². The molecule has 1 unspecified atom stereocenters. The standard InChI is InChI=1S/C8H12N2O2/c9-7(5-12)8-3-1-2-6(4-11)10-8/h1-3,7,11-12H,4-5,9H2. The summed E-state index contributed by atoms with van der Waals surface area (Å²) < 4.78 is 0. The maximum atomic E-state index is 8.75. The number of rotatable bonds is 3. The van der Waals surface area contributed by atoms with Crippen molar-refractivity contribution >= 4 is 0 Å². The molecule has 12 heavy (non-hydrogen) atoms. The average molecular weight is 168 g/mol. The molecule has 66 valence electrons. The summed E-state index contributed by atoms with van der Waals surface area (Å²) in [6, 6.07) is 4.72. The molecule has 0 bridgehead atoms. The summed E-state index contributed by atoms with van der Waals surface area (Å²) in [6.07, 6.45) is 0. The van der Waals surface area contributed by atoms with Gasteiger partial charge in [-0.05, 0) is 12.1 Å². The van der Waals surface area contributed by atoms with E-state index < -0.39 is 6.04 Å². The Hall–Kier alpha value is -0.970. The SMILES string of the molecule is NC(CO)c1cccc(CO)n1. The molecule has 0 aliphatic rings. The number of aliphatic hydroxyl groups excluding tert-OH is 2. The quantitative estimate of drug-likeness (QED) is 0.572. The van der Waals surface area contributed by atoms with Gasteiger partial charge in [-0.2, -0.15) is 0 Å². The van der Waals surface area contributed by atoms with Gasteiger partial charge >= 0.3 is 0 Å². The lowest BCUT2D eigenvalue weighted by Gasteiger charge is -2.07. The van der Waals surface area contributed by atoms with Crippen LogP contribution in [0.25, 0.3) is 0 Å². The highest BCUT2D eigenvalue weighted by Gasteiger charge is 2.05. The van der Waals surface area contributed by atoms with Gasteiger partial charge in [-0.25, -0.2) is 0 Å². The van der Waals surface area contributed by atoms with E-state index in [0.717, 1.165) is 0 Å². The molecule has 0 aliphatic carbocycles. The van der Waals surface area contributed by atoms with E-state index in [1.165, 1.54) is 0 Å². The highest BCUT2D eigenvalue weighted by molar-refractivity contribution is 5.13. The minimum Gasteiger partial charge on any atom is -0.394 e. The normalized spacial score (nSPS) is 12.9. The Labute approximate surface area is 70.7 Å². The smallest absolute Gasteiger partial charge is 0.0853 e. The van der Waals surface area contributed by atoms with Crippen LogP contribution in [0.4, 0.5) is 0 Å². The third kappa shape index (κ3) is 2.01. The topological polar surface area (TPSA) is 79.4 Å². The maximum absolute atomic E-state index is 8.75. The fraction of sp³-hybridized carbons (Fsp3) is 0.375. The molecule has 1 aromatic heterocycles. The third-order valence-corrected chi connectivity index (χ3v) is 1.57. The fourth-order valence-electron chi connectivity index (χ4n) is 0.886. The minimum absolute atomic E-state index is 0.105. The van der Waals surface area contributed by atoms with Crippen molar-refractivity contribution in [3.63, 3.8) is 0 Å². The number of hydrogen-bond donors (Lipinski definition) is 3. The first-order valence-corrected chi connectivity index (χ1v) is 3.71. The number of pyridine rings is 1. The van der Waals surface area contributed by atoms with Crippen LogP contribution in [0.1, 0.15) is 17.4 Å². The summed E-state index contributed by atoms with van der Waals surface area (Å²) >= 11 is 0. The molecule has 1 heterocycles. The van der Waals surface area contributed by atoms with Gasteiger partial charge in [0.15, 0.2) is 0 Å². The van der Waals surface area contributed by atoms with E-state index >= 15 is 0 Å². The molecule has 0 saturated carbocycles. The van der Waals surface area contributed by atoms with Crippen molar-refractivity contribution in [1.29, 1.82) is 0 Å². The summed E-state index contributed by atoms with van der Waals surface area (Å²) in [4.78, 5) is 4.03. The molecule has 0 radical (unpaired) electrons. The first kappa shape index (κ1) is 9.12. The molecule has 4 nitrogen and oxygen atoms in total. The zero-order valence-electron chi connectivity index (χ0n) is 6.64. The molecular formula is C8H12N2O2. The van der Waals surface area contributed by atoms with E-state index in [-0.39, 0.29) is 13.2 Å². The Bertz CT molecular complexity index is 253. The van der Waals surface area contributed by atoms with Gasteiger partial charge in [0.1, 0.15) is 0 Å². The second-order valence-electron chi connectivity index (χ2n) is 2.50. The number of nitrogens with zero attached hydrogens (tertiary/aromatic N) is 1. The van der Waals surface area contributed by atoms with Crippen molar-refractivity contribution < 1.29 is 10.2 Å². The molecule has 1 atom stereocenters. The van der Waals surface area contributed by atoms with E-state index in [2.05, 4.69) is 4.98 Å². The van der Waals surface area contributed by atoms with E-state index in [1.54, 1.807) is 18.2 Å². The van der Waals surface area contributed by atoms with Crippen molar-refractivity contribution in [3.8, 4) is 0 Å². The minimum atomic E-state index is -0.462. The molecule has 0 aromatic carbocycles. The average Bonchev–Trinajstić information content (AvgIpc) is 2.17. The van der Waals surface area contributed by atoms with Gasteiger partial charge in [-0.3, -0.25) is 4.98 Å². The molecule has 0 spiro atoms. The van der Waals surface area contributed by atoms with Crippen LogP contribution in [0.5, 0.6) is 0 Å². The molecule has 0 fully saturated rings. The van der Waals surface area contributed by atoms with E-state index in [0.29, 0.717) is 11.4 Å². The van der Waals surface area contributed by atoms with Crippen LogP contribution in [-0.2, 0) is 6.61 Å². The summed E-state index contributed by atoms with van der Waals surface area (Å²) in [5.41, 5.74) is 6.69. The van der Waals surface area contributed by atoms with Crippen LogP contribution < -0.4 is 5.73 Å². The van der Waals surface area contributed by atoms with Gasteiger partial charge in [0, 0.05) is 0 Å². The second-order valence-corrected chi connectivity index (χ2v) is 2.50. The van der Waals surface area contributed by atoms with Crippen molar-refractivity contribution in [2.24, 2.45) is 5.73 Å². The van der Waals surface area contributed by atoms with Crippen LogP contribution in [-0.4, -0.2) is 21.8 Å². The number of aliphatic hydroxyl groups is 2. The van der Waals surface area contributed by atoms with Crippen LogP contribution in [0.15, 0.2) is 18.2 Å². The van der Waals surface area contributed by atoms with Crippen LogP contribution in [0.3, 0.4) is 0 Å². The lowest BCUT2D eigenvalue weighted by atomic mass is 10.2. The zero-order chi connectivity index (χ0) is 8.97. The predicted molar refractivity (Wildman–Crippen MR) is 44.2 cm³/mol. The Morgan fingerprint density at radius 1 is 1.42 bits per heavy atom. The van der Waals surface area contributed by atoms with E-state index in [4.69, 9.17) is 15.9 Å². The highest BCUT2D eigenvalue weighted by atomic mass is 16.3. The van der Waals surface area contributed by atoms with Crippen molar-refractivity contribution in [2.45, 2.75) is 12.6 Å². The Balaban J connectivity index is 2.86. The van der Waals surface area contributed by atoms with Gasteiger partial charge in [-0.15, -0.1) is 0 Å².